The van der Waals surface area contributed by atoms with Gasteiger partial charge in [-0.3, -0.25) is 0 Å². The van der Waals surface area contributed by atoms with Crippen molar-refractivity contribution in [3.8, 4) is 0 Å². The first-order chi connectivity index (χ1) is 11.4. The summed E-state index contributed by atoms with van der Waals surface area (Å²) < 4.78 is 0. The first kappa shape index (κ1) is 14.8. The minimum atomic E-state index is 0.909. The number of benzene rings is 3. The van der Waals surface area contributed by atoms with Crippen LogP contribution in [-0.4, -0.2) is 0 Å². The maximum atomic E-state index is 2.41. The number of hydrogen-bond acceptors (Lipinski definition) is 0. The molecule has 0 fully saturated rings. The standard InChI is InChI=1S/C23H26/c1-2-3-4-7-17-10-13-21-19(16-17)12-15-22-20-9-6-5-8-18(20)11-14-23(21)22/h5-6,8-9,11-12,14-15,17H,2-4,7,10,13,16H2,1H3. The van der Waals surface area contributed by atoms with Crippen molar-refractivity contribution in [3.05, 3.63) is 59.7 Å². The minimum absolute atomic E-state index is 0.909. The van der Waals surface area contributed by atoms with Gasteiger partial charge in [-0.25, -0.2) is 0 Å². The summed E-state index contributed by atoms with van der Waals surface area (Å²) in [6.07, 6.45) is 9.50. The largest absolute Gasteiger partial charge is 0.0654 e. The molecule has 0 aliphatic heterocycles. The normalized spacial score (nSPS) is 17.5. The fourth-order valence-corrected chi connectivity index (χ4v) is 4.37. The van der Waals surface area contributed by atoms with E-state index in [1.807, 2.05) is 0 Å². The highest BCUT2D eigenvalue weighted by Gasteiger charge is 2.20. The molecule has 0 saturated heterocycles. The Hall–Kier alpha value is -1.82. The quantitative estimate of drug-likeness (QED) is 0.372. The SMILES string of the molecule is CCCCCC1CCc2c(ccc3c2ccc2ccccc23)C1. The van der Waals surface area contributed by atoms with E-state index in [-0.39, 0.29) is 0 Å². The summed E-state index contributed by atoms with van der Waals surface area (Å²) >= 11 is 0. The van der Waals surface area contributed by atoms with E-state index in [4.69, 9.17) is 0 Å². The molecule has 23 heavy (non-hydrogen) atoms. The zero-order valence-electron chi connectivity index (χ0n) is 14.1. The predicted molar refractivity (Wildman–Crippen MR) is 101 cm³/mol. The van der Waals surface area contributed by atoms with Gasteiger partial charge in [0.2, 0.25) is 0 Å². The zero-order chi connectivity index (χ0) is 15.6. The van der Waals surface area contributed by atoms with Crippen LogP contribution < -0.4 is 0 Å². The lowest BCUT2D eigenvalue weighted by Gasteiger charge is -2.26. The molecule has 0 N–H and O–H groups in total. The highest BCUT2D eigenvalue weighted by atomic mass is 14.2. The van der Waals surface area contributed by atoms with E-state index in [0.717, 1.165) is 5.92 Å². The summed E-state index contributed by atoms with van der Waals surface area (Å²) in [7, 11) is 0. The number of aryl methyl sites for hydroxylation is 1. The van der Waals surface area contributed by atoms with Crippen molar-refractivity contribution in [2.24, 2.45) is 5.92 Å². The van der Waals surface area contributed by atoms with Crippen LogP contribution >= 0.6 is 0 Å². The topological polar surface area (TPSA) is 0 Å². The summed E-state index contributed by atoms with van der Waals surface area (Å²) in [5.41, 5.74) is 3.24. The summed E-state index contributed by atoms with van der Waals surface area (Å²) in [5.74, 6) is 0.909. The molecule has 1 aliphatic rings. The molecule has 0 amide bonds. The second-order valence-electron chi connectivity index (χ2n) is 7.19. The van der Waals surface area contributed by atoms with Gasteiger partial charge in [0.05, 0.1) is 0 Å². The molecule has 0 aromatic heterocycles. The molecule has 0 heterocycles. The van der Waals surface area contributed by atoms with E-state index in [2.05, 4.69) is 55.5 Å². The molecule has 0 bridgehead atoms. The van der Waals surface area contributed by atoms with Gasteiger partial charge in [0, 0.05) is 0 Å². The first-order valence-electron chi connectivity index (χ1n) is 9.29. The van der Waals surface area contributed by atoms with Crippen molar-refractivity contribution in [3.63, 3.8) is 0 Å². The lowest BCUT2D eigenvalue weighted by molar-refractivity contribution is 0.409. The third-order valence-electron chi connectivity index (χ3n) is 5.66. The Morgan fingerprint density at radius 2 is 1.74 bits per heavy atom. The molecule has 4 rings (SSSR count). The summed E-state index contributed by atoms with van der Waals surface area (Å²) in [5, 5.41) is 5.69. The minimum Gasteiger partial charge on any atom is -0.0654 e. The van der Waals surface area contributed by atoms with Crippen molar-refractivity contribution in [2.45, 2.75) is 51.9 Å². The highest BCUT2D eigenvalue weighted by molar-refractivity contribution is 6.08. The van der Waals surface area contributed by atoms with E-state index >= 15 is 0 Å². The van der Waals surface area contributed by atoms with Crippen molar-refractivity contribution < 1.29 is 0 Å². The van der Waals surface area contributed by atoms with Crippen LogP contribution in [0.25, 0.3) is 21.5 Å². The lowest BCUT2D eigenvalue weighted by Crippen LogP contribution is -2.14. The molecule has 1 atom stereocenters. The molecule has 1 unspecified atom stereocenters. The number of fused-ring (bicyclic) bond motifs is 5. The summed E-state index contributed by atoms with van der Waals surface area (Å²) in [4.78, 5) is 0. The Balaban J connectivity index is 1.70. The van der Waals surface area contributed by atoms with E-state index < -0.39 is 0 Å². The maximum Gasteiger partial charge on any atom is -0.0102 e. The fraction of sp³-hybridized carbons (Fsp3) is 0.391. The Morgan fingerprint density at radius 3 is 2.65 bits per heavy atom. The molecule has 0 radical (unpaired) electrons. The van der Waals surface area contributed by atoms with Crippen LogP contribution in [-0.2, 0) is 12.8 Å². The van der Waals surface area contributed by atoms with Crippen molar-refractivity contribution in [1.82, 2.24) is 0 Å². The Morgan fingerprint density at radius 1 is 0.870 bits per heavy atom. The van der Waals surface area contributed by atoms with Crippen LogP contribution in [0.4, 0.5) is 0 Å². The summed E-state index contributed by atoms with van der Waals surface area (Å²) in [6.45, 7) is 2.30. The monoisotopic (exact) mass is 302 g/mol. The lowest BCUT2D eigenvalue weighted by atomic mass is 9.79. The summed E-state index contributed by atoms with van der Waals surface area (Å²) in [6, 6.07) is 18.2. The highest BCUT2D eigenvalue weighted by Crippen LogP contribution is 2.36. The van der Waals surface area contributed by atoms with Gasteiger partial charge in [-0.05, 0) is 57.9 Å². The molecule has 0 saturated carbocycles. The zero-order valence-corrected chi connectivity index (χ0v) is 14.1. The second kappa shape index (κ2) is 6.35. The number of unbranched alkanes of at least 4 members (excludes halogenated alkanes) is 2. The van der Waals surface area contributed by atoms with Gasteiger partial charge in [0.25, 0.3) is 0 Å². The predicted octanol–water partition coefficient (Wildman–Crippen LogP) is 6.68. The number of hydrogen-bond donors (Lipinski definition) is 0. The van der Waals surface area contributed by atoms with Gasteiger partial charge < -0.3 is 0 Å². The molecule has 0 heteroatoms. The van der Waals surface area contributed by atoms with Crippen LogP contribution in [0.15, 0.2) is 48.5 Å². The fourth-order valence-electron chi connectivity index (χ4n) is 4.37. The molecule has 1 aliphatic carbocycles. The van der Waals surface area contributed by atoms with Gasteiger partial charge in [0.15, 0.2) is 0 Å². The Labute approximate surface area is 139 Å². The van der Waals surface area contributed by atoms with Crippen molar-refractivity contribution in [2.75, 3.05) is 0 Å². The Bertz CT molecular complexity index is 828. The molecular weight excluding hydrogens is 276 g/mol. The van der Waals surface area contributed by atoms with Crippen molar-refractivity contribution >= 4 is 21.5 Å². The molecule has 118 valence electrons. The van der Waals surface area contributed by atoms with Crippen LogP contribution in [0.2, 0.25) is 0 Å². The van der Waals surface area contributed by atoms with Gasteiger partial charge in [-0.15, -0.1) is 0 Å². The van der Waals surface area contributed by atoms with Crippen molar-refractivity contribution in [1.29, 1.82) is 0 Å². The molecule has 0 spiro atoms. The van der Waals surface area contributed by atoms with Crippen LogP contribution in [0.5, 0.6) is 0 Å². The molecular formula is C23H26. The third kappa shape index (κ3) is 2.76. The van der Waals surface area contributed by atoms with Crippen LogP contribution in [0.1, 0.15) is 50.2 Å². The van der Waals surface area contributed by atoms with E-state index in [0.29, 0.717) is 0 Å². The molecule has 3 aromatic carbocycles. The van der Waals surface area contributed by atoms with E-state index in [1.165, 1.54) is 66.5 Å². The smallest absolute Gasteiger partial charge is 0.0102 e. The Kier molecular flexibility index (Phi) is 4.08. The average Bonchev–Trinajstić information content (AvgIpc) is 2.61. The average molecular weight is 302 g/mol. The third-order valence-corrected chi connectivity index (χ3v) is 5.66. The van der Waals surface area contributed by atoms with E-state index in [1.54, 1.807) is 11.1 Å². The maximum absolute atomic E-state index is 2.41. The first-order valence-corrected chi connectivity index (χ1v) is 9.29. The number of rotatable bonds is 4. The van der Waals surface area contributed by atoms with Gasteiger partial charge >= 0.3 is 0 Å². The second-order valence-corrected chi connectivity index (χ2v) is 7.19. The van der Waals surface area contributed by atoms with E-state index in [9.17, 15) is 0 Å². The van der Waals surface area contributed by atoms with Gasteiger partial charge in [-0.2, -0.15) is 0 Å². The van der Waals surface area contributed by atoms with Crippen LogP contribution in [0, 0.1) is 5.92 Å². The van der Waals surface area contributed by atoms with Gasteiger partial charge in [0.1, 0.15) is 0 Å². The molecule has 0 nitrogen and oxygen atoms in total. The molecule has 3 aromatic rings. The van der Waals surface area contributed by atoms with Crippen LogP contribution in [0.3, 0.4) is 0 Å². The van der Waals surface area contributed by atoms with Gasteiger partial charge in [-0.1, -0.05) is 81.1 Å².